The molecular formula is C26H28ClF4N3OS. The van der Waals surface area contributed by atoms with Gasteiger partial charge in [0.25, 0.3) is 5.56 Å². The van der Waals surface area contributed by atoms with Gasteiger partial charge >= 0.3 is 6.18 Å². The van der Waals surface area contributed by atoms with E-state index in [0.717, 1.165) is 11.6 Å². The minimum atomic E-state index is -4.51. The molecule has 3 aromatic rings. The summed E-state index contributed by atoms with van der Waals surface area (Å²) in [5.41, 5.74) is 1.58. The van der Waals surface area contributed by atoms with Crippen LogP contribution >= 0.6 is 23.5 Å². The third-order valence-corrected chi connectivity index (χ3v) is 7.24. The Hall–Kier alpha value is -2.65. The van der Waals surface area contributed by atoms with Crippen LogP contribution in [0.2, 0.25) is 5.02 Å². The fraction of sp³-hybridized carbons (Fsp3) is 0.346. The number of nitrogens with one attached hydrogen (secondary N) is 2. The van der Waals surface area contributed by atoms with Gasteiger partial charge in [0, 0.05) is 17.9 Å². The van der Waals surface area contributed by atoms with E-state index in [4.69, 9.17) is 11.6 Å². The molecule has 4 rings (SSSR count). The van der Waals surface area contributed by atoms with Crippen LogP contribution in [0.4, 0.5) is 34.8 Å². The fourth-order valence-corrected chi connectivity index (χ4v) is 5.04. The van der Waals surface area contributed by atoms with E-state index in [-0.39, 0.29) is 27.4 Å². The average molecular weight is 542 g/mol. The summed E-state index contributed by atoms with van der Waals surface area (Å²) in [4.78, 5) is 12.5. The number of aryl methyl sites for hydroxylation is 2. The van der Waals surface area contributed by atoms with Gasteiger partial charge in [-0.1, -0.05) is 37.6 Å². The molecule has 0 spiro atoms. The molecule has 194 valence electrons. The first-order valence-corrected chi connectivity index (χ1v) is 12.7. The lowest BCUT2D eigenvalue weighted by Gasteiger charge is -2.18. The minimum Gasteiger partial charge on any atom is -0.337 e. The monoisotopic (exact) mass is 541 g/mol. The first kappa shape index (κ1) is 27.9. The zero-order valence-corrected chi connectivity index (χ0v) is 22.1. The summed E-state index contributed by atoms with van der Waals surface area (Å²) < 4.78 is 58.6. The minimum absolute atomic E-state index is 0.0313. The highest BCUT2D eigenvalue weighted by Crippen LogP contribution is 2.51. The molecule has 1 aromatic heterocycles. The molecule has 2 unspecified atom stereocenters. The van der Waals surface area contributed by atoms with Crippen molar-refractivity contribution in [3.8, 4) is 0 Å². The number of benzene rings is 2. The van der Waals surface area contributed by atoms with E-state index < -0.39 is 17.6 Å². The van der Waals surface area contributed by atoms with Crippen molar-refractivity contribution in [1.29, 1.82) is 0 Å². The molecule has 0 saturated heterocycles. The van der Waals surface area contributed by atoms with E-state index in [9.17, 15) is 22.4 Å². The summed E-state index contributed by atoms with van der Waals surface area (Å²) in [5, 5.41) is 2.71. The largest absolute Gasteiger partial charge is 0.417 e. The van der Waals surface area contributed by atoms with E-state index in [1.54, 1.807) is 45.2 Å². The number of anilines is 3. The molecule has 4 nitrogen and oxygen atoms in total. The molecule has 36 heavy (non-hydrogen) atoms. The zero-order chi connectivity index (χ0) is 26.8. The van der Waals surface area contributed by atoms with Crippen molar-refractivity contribution in [3.63, 3.8) is 0 Å². The van der Waals surface area contributed by atoms with Crippen molar-refractivity contribution < 1.29 is 17.6 Å². The topological polar surface area (TPSA) is 46.1 Å². The Labute approximate surface area is 217 Å². The second kappa shape index (κ2) is 11.2. The number of nitrogens with zero attached hydrogens (tertiary/aromatic N) is 1. The molecule has 1 saturated carbocycles. The third kappa shape index (κ3) is 6.18. The summed E-state index contributed by atoms with van der Waals surface area (Å²) >= 11 is 7.09. The summed E-state index contributed by atoms with van der Waals surface area (Å²) in [5.74, 6) is -0.124. The van der Waals surface area contributed by atoms with Gasteiger partial charge in [-0.25, -0.2) is 4.39 Å². The summed E-state index contributed by atoms with van der Waals surface area (Å²) in [6, 6.07) is 10.4. The van der Waals surface area contributed by atoms with E-state index in [1.165, 1.54) is 28.6 Å². The molecule has 1 aliphatic rings. The molecule has 1 aliphatic carbocycles. The molecule has 2 aromatic carbocycles. The Morgan fingerprint density at radius 1 is 1.06 bits per heavy atom. The van der Waals surface area contributed by atoms with Crippen LogP contribution in [-0.2, 0) is 13.2 Å². The highest BCUT2D eigenvalue weighted by atomic mass is 35.5. The first-order chi connectivity index (χ1) is 17.0. The lowest BCUT2D eigenvalue weighted by molar-refractivity contribution is -0.137. The molecule has 0 amide bonds. The highest BCUT2D eigenvalue weighted by Gasteiger charge is 2.41. The second-order valence-corrected chi connectivity index (χ2v) is 9.85. The molecule has 0 bridgehead atoms. The van der Waals surface area contributed by atoms with Crippen LogP contribution < -0.4 is 15.6 Å². The van der Waals surface area contributed by atoms with Crippen LogP contribution in [0.5, 0.6) is 0 Å². The van der Waals surface area contributed by atoms with Crippen LogP contribution in [0.1, 0.15) is 48.4 Å². The summed E-state index contributed by atoms with van der Waals surface area (Å²) in [7, 11) is 1.59. The molecule has 10 heteroatoms. The van der Waals surface area contributed by atoms with Gasteiger partial charge in [0.1, 0.15) is 11.6 Å². The quantitative estimate of drug-likeness (QED) is 0.244. The lowest BCUT2D eigenvalue weighted by Crippen LogP contribution is -2.22. The number of hydrogen-bond acceptors (Lipinski definition) is 4. The third-order valence-electron chi connectivity index (χ3n) is 5.75. The van der Waals surface area contributed by atoms with Crippen LogP contribution in [0.3, 0.4) is 0 Å². The van der Waals surface area contributed by atoms with Gasteiger partial charge in [-0.05, 0) is 79.6 Å². The van der Waals surface area contributed by atoms with Crippen LogP contribution in [0.25, 0.3) is 0 Å². The second-order valence-electron chi connectivity index (χ2n) is 8.40. The number of hydrogen-bond donors (Lipinski definition) is 2. The van der Waals surface area contributed by atoms with Crippen LogP contribution in [0, 0.1) is 19.7 Å². The zero-order valence-electron chi connectivity index (χ0n) is 20.6. The van der Waals surface area contributed by atoms with Gasteiger partial charge in [0.05, 0.1) is 22.0 Å². The van der Waals surface area contributed by atoms with Crippen molar-refractivity contribution in [2.24, 2.45) is 7.05 Å². The van der Waals surface area contributed by atoms with E-state index in [1.807, 2.05) is 13.8 Å². The molecule has 2 atom stereocenters. The lowest BCUT2D eigenvalue weighted by atomic mass is 10.1. The van der Waals surface area contributed by atoms with Gasteiger partial charge in [-0.3, -0.25) is 9.36 Å². The Bertz CT molecular complexity index is 1310. The smallest absolute Gasteiger partial charge is 0.337 e. The first-order valence-electron chi connectivity index (χ1n) is 11.5. The predicted octanol–water partition coefficient (Wildman–Crippen LogP) is 8.20. The fourth-order valence-electron chi connectivity index (χ4n) is 3.75. The Morgan fingerprint density at radius 3 is 2.39 bits per heavy atom. The van der Waals surface area contributed by atoms with Crippen molar-refractivity contribution in [1.82, 2.24) is 4.57 Å². The van der Waals surface area contributed by atoms with Gasteiger partial charge < -0.3 is 10.0 Å². The Kier molecular flexibility index (Phi) is 8.67. The molecule has 0 radical (unpaired) electrons. The van der Waals surface area contributed by atoms with Crippen molar-refractivity contribution in [2.45, 2.75) is 51.5 Å². The molecule has 1 heterocycles. The Balaban J connectivity index is 0.00000176. The van der Waals surface area contributed by atoms with Crippen molar-refractivity contribution >= 4 is 40.7 Å². The number of pyridine rings is 1. The van der Waals surface area contributed by atoms with Crippen molar-refractivity contribution in [3.05, 3.63) is 85.9 Å². The van der Waals surface area contributed by atoms with Crippen LogP contribution in [0.15, 0.2) is 47.3 Å². The van der Waals surface area contributed by atoms with E-state index in [0.29, 0.717) is 29.1 Å². The number of halogens is 5. The molecular weight excluding hydrogens is 514 g/mol. The van der Waals surface area contributed by atoms with Gasteiger partial charge in [-0.15, -0.1) is 0 Å². The van der Waals surface area contributed by atoms with E-state index in [2.05, 4.69) is 10.0 Å². The Morgan fingerprint density at radius 2 is 1.75 bits per heavy atom. The summed E-state index contributed by atoms with van der Waals surface area (Å²) in [6.45, 7) is 7.46. The molecule has 0 aliphatic heterocycles. The highest BCUT2D eigenvalue weighted by molar-refractivity contribution is 8.01. The van der Waals surface area contributed by atoms with E-state index >= 15 is 0 Å². The van der Waals surface area contributed by atoms with Crippen LogP contribution in [-0.4, -0.2) is 9.82 Å². The maximum Gasteiger partial charge on any atom is 0.417 e. The average Bonchev–Trinajstić information content (AvgIpc) is 3.60. The standard InChI is InChI=1S/C24H22ClF4N3OS.C2H6/c1-12-4-7-19(18(26)8-12)30-22-20(9-13(2)23(33)32(22)3)31-34-21-11-15(21)14-5-6-17(25)16(10-14)24(27,28)29;1-2/h4-10,15,21,30-31H,11H2,1-3H3;1-2H3. The van der Waals surface area contributed by atoms with Crippen molar-refractivity contribution in [2.75, 3.05) is 10.0 Å². The van der Waals surface area contributed by atoms with Gasteiger partial charge in [-0.2, -0.15) is 13.2 Å². The normalized spacial score (nSPS) is 16.7. The number of aromatic nitrogens is 1. The SMILES string of the molecule is CC.Cc1ccc(Nc2c(NSC3CC3c3ccc(Cl)c(C(F)(F)F)c3)cc(C)c(=O)n2C)c(F)c1. The molecule has 1 fully saturated rings. The van der Waals surface area contributed by atoms with Gasteiger partial charge in [0.2, 0.25) is 0 Å². The molecule has 2 N–H and O–H groups in total. The number of alkyl halides is 3. The number of rotatable bonds is 6. The predicted molar refractivity (Wildman–Crippen MR) is 141 cm³/mol. The summed E-state index contributed by atoms with van der Waals surface area (Å²) in [6.07, 6.45) is -3.82. The maximum atomic E-state index is 14.4. The van der Waals surface area contributed by atoms with Gasteiger partial charge in [0.15, 0.2) is 0 Å². The maximum absolute atomic E-state index is 14.4.